The van der Waals surface area contributed by atoms with E-state index < -0.39 is 5.41 Å². The average molecular weight is 429 g/mol. The lowest BCUT2D eigenvalue weighted by molar-refractivity contribution is 0.0931. The number of hydrogen-bond acceptors (Lipinski definition) is 3. The van der Waals surface area contributed by atoms with E-state index in [0.29, 0.717) is 17.6 Å². The molecular formula is C29H19NO3. The molecule has 33 heavy (non-hydrogen) atoms. The number of benzene rings is 4. The molecule has 1 atom stereocenters. The lowest BCUT2D eigenvalue weighted by Gasteiger charge is -2.24. The zero-order valence-corrected chi connectivity index (χ0v) is 18.0. The van der Waals surface area contributed by atoms with Crippen LogP contribution in [0.2, 0.25) is 0 Å². The maximum Gasteiger partial charge on any atom is 0.263 e. The number of pyridine rings is 1. The van der Waals surface area contributed by atoms with E-state index in [-0.39, 0.29) is 11.3 Å². The second-order valence-corrected chi connectivity index (χ2v) is 8.87. The molecule has 5 aromatic rings. The summed E-state index contributed by atoms with van der Waals surface area (Å²) < 4.78 is 7.10. The monoisotopic (exact) mass is 429 g/mol. The highest BCUT2D eigenvalue weighted by Crippen LogP contribution is 2.52. The molecule has 7 rings (SSSR count). The molecule has 2 heterocycles. The Labute approximate surface area is 189 Å². The van der Waals surface area contributed by atoms with Gasteiger partial charge in [-0.3, -0.25) is 14.2 Å². The quantitative estimate of drug-likeness (QED) is 0.368. The second-order valence-electron chi connectivity index (χ2n) is 8.87. The van der Waals surface area contributed by atoms with Crippen molar-refractivity contribution in [2.75, 3.05) is 7.11 Å². The molecule has 0 fully saturated rings. The minimum Gasteiger partial charge on any atom is -0.497 e. The highest BCUT2D eigenvalue weighted by atomic mass is 16.5. The van der Waals surface area contributed by atoms with E-state index in [1.165, 1.54) is 0 Å². The lowest BCUT2D eigenvalue weighted by atomic mass is 9.75. The normalized spacial score (nSPS) is 18.0. The van der Waals surface area contributed by atoms with Crippen molar-refractivity contribution in [1.82, 2.24) is 4.57 Å². The van der Waals surface area contributed by atoms with Gasteiger partial charge in [0.2, 0.25) is 0 Å². The second kappa shape index (κ2) is 6.20. The maximum atomic E-state index is 14.4. The van der Waals surface area contributed by atoms with Crippen LogP contribution < -0.4 is 10.3 Å². The Bertz CT molecular complexity index is 1730. The lowest BCUT2D eigenvalue weighted by Crippen LogP contribution is -2.34. The fourth-order valence-corrected chi connectivity index (χ4v) is 5.87. The first-order valence-electron chi connectivity index (χ1n) is 11.0. The molecule has 0 bridgehead atoms. The molecule has 1 aliphatic carbocycles. The highest BCUT2D eigenvalue weighted by Gasteiger charge is 2.55. The molecule has 0 amide bonds. The van der Waals surface area contributed by atoms with Crippen molar-refractivity contribution in [3.05, 3.63) is 118 Å². The zero-order chi connectivity index (χ0) is 22.3. The first-order valence-corrected chi connectivity index (χ1v) is 11.0. The molecule has 158 valence electrons. The van der Waals surface area contributed by atoms with Crippen LogP contribution in [0.15, 0.2) is 89.7 Å². The van der Waals surface area contributed by atoms with Crippen molar-refractivity contribution >= 4 is 27.3 Å². The van der Waals surface area contributed by atoms with E-state index in [1.807, 2.05) is 66.7 Å². The Morgan fingerprint density at radius 1 is 0.818 bits per heavy atom. The topological polar surface area (TPSA) is 48.3 Å². The van der Waals surface area contributed by atoms with Gasteiger partial charge in [-0.25, -0.2) is 0 Å². The standard InChI is InChI=1S/C29H19NO3/c1-33-20-13-12-18-14-25-29(23-8-4-5-9-24(23)30(25)28(32)22(18)15-20)16-19-11-10-17-6-2-3-7-21(17)26(19)27(29)31/h2-15H,16H2,1H3. The number of para-hydroxylation sites is 1. The number of methoxy groups -OCH3 is 1. The number of carbonyl (C=O) groups excluding carboxylic acids is 1. The number of ether oxygens (including phenoxy) is 1. The van der Waals surface area contributed by atoms with Crippen LogP contribution in [0.5, 0.6) is 5.75 Å². The molecule has 4 aromatic carbocycles. The van der Waals surface area contributed by atoms with Gasteiger partial charge in [0.05, 0.1) is 18.2 Å². The van der Waals surface area contributed by atoms with Crippen molar-refractivity contribution < 1.29 is 9.53 Å². The molecule has 4 nitrogen and oxygen atoms in total. The number of hydrogen-bond donors (Lipinski definition) is 0. The Balaban J connectivity index is 1.60. The molecule has 0 radical (unpaired) electrons. The van der Waals surface area contributed by atoms with Gasteiger partial charge < -0.3 is 4.74 Å². The molecule has 1 spiro atoms. The number of fused-ring (bicyclic) bond motifs is 9. The number of ketones is 1. The summed E-state index contributed by atoms with van der Waals surface area (Å²) >= 11 is 0. The molecule has 0 saturated carbocycles. The Morgan fingerprint density at radius 2 is 1.61 bits per heavy atom. The van der Waals surface area contributed by atoms with E-state index in [1.54, 1.807) is 17.7 Å². The van der Waals surface area contributed by atoms with E-state index >= 15 is 0 Å². The maximum absolute atomic E-state index is 14.4. The minimum atomic E-state index is -0.906. The first kappa shape index (κ1) is 18.4. The van der Waals surface area contributed by atoms with Gasteiger partial charge >= 0.3 is 0 Å². The van der Waals surface area contributed by atoms with E-state index in [0.717, 1.165) is 44.2 Å². The average Bonchev–Trinajstić information content (AvgIpc) is 3.32. The fourth-order valence-electron chi connectivity index (χ4n) is 5.87. The number of nitrogens with zero attached hydrogens (tertiary/aromatic N) is 1. The van der Waals surface area contributed by atoms with Crippen molar-refractivity contribution in [3.63, 3.8) is 0 Å². The van der Waals surface area contributed by atoms with Crippen molar-refractivity contribution in [2.45, 2.75) is 11.8 Å². The summed E-state index contributed by atoms with van der Waals surface area (Å²) in [5.74, 6) is 0.706. The largest absolute Gasteiger partial charge is 0.497 e. The van der Waals surface area contributed by atoms with Crippen molar-refractivity contribution in [3.8, 4) is 11.4 Å². The predicted molar refractivity (Wildman–Crippen MR) is 129 cm³/mol. The predicted octanol–water partition coefficient (Wildman–Crippen LogP) is 5.19. The van der Waals surface area contributed by atoms with E-state index in [2.05, 4.69) is 12.1 Å². The number of aromatic nitrogens is 1. The van der Waals surface area contributed by atoms with E-state index in [4.69, 9.17) is 4.74 Å². The van der Waals surface area contributed by atoms with Crippen molar-refractivity contribution in [1.29, 1.82) is 0 Å². The zero-order valence-electron chi connectivity index (χ0n) is 18.0. The fraction of sp³-hybridized carbons (Fsp3) is 0.103. The van der Waals surface area contributed by atoms with Crippen molar-refractivity contribution in [2.24, 2.45) is 0 Å². The third-order valence-corrected chi connectivity index (χ3v) is 7.35. The third kappa shape index (κ3) is 2.15. The van der Waals surface area contributed by atoms with Gasteiger partial charge in [-0.1, -0.05) is 60.7 Å². The van der Waals surface area contributed by atoms with Gasteiger partial charge in [-0.15, -0.1) is 0 Å². The first-order chi connectivity index (χ1) is 16.1. The van der Waals surface area contributed by atoms with Gasteiger partial charge in [-0.2, -0.15) is 0 Å². The summed E-state index contributed by atoms with van der Waals surface area (Å²) in [5, 5.41) is 3.42. The molecule has 1 aromatic heterocycles. The summed E-state index contributed by atoms with van der Waals surface area (Å²) in [7, 11) is 1.59. The van der Waals surface area contributed by atoms with Crippen LogP contribution in [0, 0.1) is 0 Å². The van der Waals surface area contributed by atoms with Crippen LogP contribution in [0.4, 0.5) is 0 Å². The molecule has 0 saturated heterocycles. The van der Waals surface area contributed by atoms with Crippen LogP contribution in [0.25, 0.3) is 27.2 Å². The highest BCUT2D eigenvalue weighted by molar-refractivity contribution is 6.19. The summed E-state index contributed by atoms with van der Waals surface area (Å²) in [5.41, 5.74) is 3.21. The Kier molecular flexibility index (Phi) is 3.46. The van der Waals surface area contributed by atoms with Gasteiger partial charge in [0.25, 0.3) is 5.56 Å². The summed E-state index contributed by atoms with van der Waals surface area (Å²) in [4.78, 5) is 28.2. The molecular weight excluding hydrogens is 410 g/mol. The van der Waals surface area contributed by atoms with Gasteiger partial charge in [0.1, 0.15) is 11.2 Å². The number of carbonyl (C=O) groups is 1. The van der Waals surface area contributed by atoms with Crippen LogP contribution in [-0.4, -0.2) is 17.5 Å². The smallest absolute Gasteiger partial charge is 0.263 e. The third-order valence-electron chi connectivity index (χ3n) is 7.35. The number of rotatable bonds is 1. The molecule has 0 N–H and O–H groups in total. The van der Waals surface area contributed by atoms with Crippen LogP contribution in [0.3, 0.4) is 0 Å². The van der Waals surface area contributed by atoms with E-state index in [9.17, 15) is 9.59 Å². The Morgan fingerprint density at radius 3 is 2.48 bits per heavy atom. The molecule has 1 aliphatic heterocycles. The van der Waals surface area contributed by atoms with Crippen LogP contribution in [0.1, 0.15) is 27.2 Å². The summed E-state index contributed by atoms with van der Waals surface area (Å²) in [6.07, 6.45) is 0.546. The molecule has 1 unspecified atom stereocenters. The summed E-state index contributed by atoms with van der Waals surface area (Å²) in [6, 6.07) is 27.5. The van der Waals surface area contributed by atoms with Crippen LogP contribution >= 0.6 is 0 Å². The number of Topliss-reactive ketones (excluding diaryl/α,β-unsaturated/α-hetero) is 1. The van der Waals surface area contributed by atoms with Gasteiger partial charge in [0, 0.05) is 11.3 Å². The van der Waals surface area contributed by atoms with Gasteiger partial charge in [-0.05, 0) is 58.0 Å². The molecule has 2 aliphatic rings. The summed E-state index contributed by atoms with van der Waals surface area (Å²) in [6.45, 7) is 0. The van der Waals surface area contributed by atoms with Crippen LogP contribution in [-0.2, 0) is 11.8 Å². The SMILES string of the molecule is COc1ccc2cc3n(c(=O)c2c1)-c1ccccc1C31Cc2ccc3ccccc3c2C1=O. The van der Waals surface area contributed by atoms with Gasteiger partial charge in [0.15, 0.2) is 5.78 Å². The molecule has 4 heteroatoms. The Hall–Kier alpha value is -4.18. The minimum absolute atomic E-state index is 0.0697.